The third kappa shape index (κ3) is 12.2. The van der Waals surface area contributed by atoms with Crippen LogP contribution in [0.25, 0.3) is 21.5 Å². The third-order valence-corrected chi connectivity index (χ3v) is 7.48. The lowest BCUT2D eigenvalue weighted by Gasteiger charge is -2.07. The van der Waals surface area contributed by atoms with Crippen molar-refractivity contribution in [3.8, 4) is 0 Å². The van der Waals surface area contributed by atoms with Crippen LogP contribution in [-0.2, 0) is 19.1 Å². The quantitative estimate of drug-likeness (QED) is 0.121. The van der Waals surface area contributed by atoms with Gasteiger partial charge < -0.3 is 5.73 Å². The molecule has 0 aliphatic heterocycles. The van der Waals surface area contributed by atoms with E-state index in [2.05, 4.69) is 23.8 Å². The second-order valence-corrected chi connectivity index (χ2v) is 13.6. The van der Waals surface area contributed by atoms with Gasteiger partial charge in [0, 0.05) is 27.1 Å². The van der Waals surface area contributed by atoms with Crippen molar-refractivity contribution in [1.82, 2.24) is 0 Å². The topological polar surface area (TPSA) is 106 Å². The van der Waals surface area contributed by atoms with Gasteiger partial charge in [0.05, 0.1) is 17.7 Å². The zero-order valence-corrected chi connectivity index (χ0v) is 24.3. The summed E-state index contributed by atoms with van der Waals surface area (Å²) in [5.41, 5.74) is 7.23. The number of halogens is 1. The molecule has 0 heterocycles. The highest BCUT2D eigenvalue weighted by atomic mass is 35.7. The van der Waals surface area contributed by atoms with Gasteiger partial charge in [-0.2, -0.15) is 0 Å². The van der Waals surface area contributed by atoms with Crippen molar-refractivity contribution in [1.29, 1.82) is 0 Å². The number of hydrogen-bond acceptors (Lipinski definition) is 5. The summed E-state index contributed by atoms with van der Waals surface area (Å²) in [5, 5.41) is 4.26. The number of unbranched alkanes of at least 4 members (excludes halogenated alkanes) is 5. The molecule has 38 heavy (non-hydrogen) atoms. The Morgan fingerprint density at radius 3 is 1.76 bits per heavy atom. The first kappa shape index (κ1) is 31.4. The molecular formula is C29H37ClN2O4S2. The van der Waals surface area contributed by atoms with Gasteiger partial charge in [-0.15, -0.1) is 0 Å². The van der Waals surface area contributed by atoms with Gasteiger partial charge in [0.2, 0.25) is 19.1 Å². The zero-order valence-electron chi connectivity index (χ0n) is 21.9. The molecule has 0 aliphatic rings. The van der Waals surface area contributed by atoms with Crippen LogP contribution in [0.5, 0.6) is 0 Å². The molecule has 0 aliphatic carbocycles. The first-order chi connectivity index (χ1) is 18.0. The molecule has 0 spiro atoms. The third-order valence-electron chi connectivity index (χ3n) is 5.65. The van der Waals surface area contributed by atoms with E-state index in [4.69, 9.17) is 16.4 Å². The lowest BCUT2D eigenvalue weighted by molar-refractivity contribution is 0.594. The highest BCUT2D eigenvalue weighted by molar-refractivity contribution is 8.13. The second kappa shape index (κ2) is 15.6. The summed E-state index contributed by atoms with van der Waals surface area (Å²) in [6, 6.07) is 27.2. The number of benzene rings is 4. The monoisotopic (exact) mass is 576 g/mol. The van der Waals surface area contributed by atoms with Crippen molar-refractivity contribution in [2.24, 2.45) is 0 Å². The van der Waals surface area contributed by atoms with Gasteiger partial charge in [0.15, 0.2) is 0 Å². The number of hydrogen-bond donors (Lipinski definition) is 2. The maximum absolute atomic E-state index is 11.1. The predicted molar refractivity (Wildman–Crippen MR) is 164 cm³/mol. The number of nitrogens with one attached hydrogen (secondary N) is 1. The molecule has 0 radical (unpaired) electrons. The van der Waals surface area contributed by atoms with Crippen molar-refractivity contribution < 1.29 is 16.8 Å². The molecule has 9 heteroatoms. The smallest absolute Gasteiger partial charge is 0.232 e. The number of fused-ring (bicyclic) bond motifs is 2. The molecule has 206 valence electrons. The minimum Gasteiger partial charge on any atom is -0.398 e. The highest BCUT2D eigenvalue weighted by Crippen LogP contribution is 2.23. The van der Waals surface area contributed by atoms with Crippen LogP contribution < -0.4 is 10.5 Å². The molecule has 0 saturated heterocycles. The van der Waals surface area contributed by atoms with Crippen LogP contribution in [0, 0.1) is 0 Å². The fourth-order valence-corrected chi connectivity index (χ4v) is 5.27. The number of anilines is 2. The number of rotatable bonds is 9. The SMILES string of the molecule is CCCCCCCCS(=O)(=O)Cl.CS(=O)(=O)Nc1cccc2ccccc12.Nc1cccc2ccccc12. The molecule has 3 N–H and O–H groups in total. The molecule has 4 aromatic rings. The maximum atomic E-state index is 11.1. The van der Waals surface area contributed by atoms with E-state index < -0.39 is 19.1 Å². The van der Waals surface area contributed by atoms with E-state index in [-0.39, 0.29) is 5.75 Å². The van der Waals surface area contributed by atoms with Gasteiger partial charge in [0.25, 0.3) is 0 Å². The predicted octanol–water partition coefficient (Wildman–Crippen LogP) is 7.55. The number of nitrogens with two attached hydrogens (primary N) is 1. The molecule has 0 fully saturated rings. The summed E-state index contributed by atoms with van der Waals surface area (Å²) in [5.74, 6) is 0.126. The van der Waals surface area contributed by atoms with Crippen molar-refractivity contribution in [2.45, 2.75) is 45.4 Å². The highest BCUT2D eigenvalue weighted by Gasteiger charge is 2.05. The van der Waals surface area contributed by atoms with Crippen molar-refractivity contribution >= 4 is 62.7 Å². The molecule has 4 rings (SSSR count). The van der Waals surface area contributed by atoms with Gasteiger partial charge in [-0.1, -0.05) is 112 Å². The van der Waals surface area contributed by atoms with E-state index >= 15 is 0 Å². The minimum absolute atomic E-state index is 0.126. The van der Waals surface area contributed by atoms with Crippen molar-refractivity contribution in [3.63, 3.8) is 0 Å². The lowest BCUT2D eigenvalue weighted by atomic mass is 10.1. The van der Waals surface area contributed by atoms with Crippen LogP contribution >= 0.6 is 10.7 Å². The van der Waals surface area contributed by atoms with Crippen molar-refractivity contribution in [2.75, 3.05) is 22.5 Å². The molecule has 0 amide bonds. The normalized spacial score (nSPS) is 11.2. The van der Waals surface area contributed by atoms with Crippen LogP contribution in [0.3, 0.4) is 0 Å². The van der Waals surface area contributed by atoms with E-state index in [0.29, 0.717) is 12.1 Å². The van der Waals surface area contributed by atoms with E-state index in [1.54, 1.807) is 6.07 Å². The fourth-order valence-electron chi connectivity index (χ4n) is 3.82. The first-order valence-electron chi connectivity index (χ1n) is 12.6. The lowest BCUT2D eigenvalue weighted by Crippen LogP contribution is -2.09. The molecule has 0 bridgehead atoms. The van der Waals surface area contributed by atoms with E-state index in [1.165, 1.54) is 24.6 Å². The summed E-state index contributed by atoms with van der Waals surface area (Å²) < 4.78 is 45.7. The molecule has 0 aromatic heterocycles. The molecule has 0 unspecified atom stereocenters. The molecule has 0 atom stereocenters. The standard InChI is InChI=1S/C11H11NO2S.C10H9N.C8H17ClO2S/c1-15(13,14)12-11-8-4-6-9-5-2-3-7-10(9)11;11-10-7-3-5-8-4-1-2-6-9(8)10;1-2-3-4-5-6-7-8-12(9,10)11/h2-8,12H,1H3;1-7H,11H2;2-8H2,1H3. The van der Waals surface area contributed by atoms with Crippen LogP contribution in [0.2, 0.25) is 0 Å². The van der Waals surface area contributed by atoms with Gasteiger partial charge in [-0.25, -0.2) is 16.8 Å². The largest absolute Gasteiger partial charge is 0.398 e. The summed E-state index contributed by atoms with van der Waals surface area (Å²) in [6.07, 6.45) is 7.62. The Bertz CT molecular complexity index is 1500. The Balaban J connectivity index is 0.000000203. The van der Waals surface area contributed by atoms with E-state index in [0.717, 1.165) is 40.9 Å². The van der Waals surface area contributed by atoms with Crippen molar-refractivity contribution in [3.05, 3.63) is 84.9 Å². The molecular weight excluding hydrogens is 540 g/mol. The van der Waals surface area contributed by atoms with Crippen LogP contribution in [-0.4, -0.2) is 28.8 Å². The molecule has 6 nitrogen and oxygen atoms in total. The molecule has 4 aromatic carbocycles. The summed E-state index contributed by atoms with van der Waals surface area (Å²) in [6.45, 7) is 2.16. The maximum Gasteiger partial charge on any atom is 0.232 e. The van der Waals surface area contributed by atoms with Crippen LogP contribution in [0.1, 0.15) is 45.4 Å². The summed E-state index contributed by atoms with van der Waals surface area (Å²) in [7, 11) is -1.42. The van der Waals surface area contributed by atoms with Gasteiger partial charge >= 0.3 is 0 Å². The molecule has 0 saturated carbocycles. The number of nitrogen functional groups attached to an aromatic ring is 1. The van der Waals surface area contributed by atoms with Gasteiger partial charge in [0.1, 0.15) is 0 Å². The average molecular weight is 577 g/mol. The second-order valence-electron chi connectivity index (χ2n) is 8.98. The Morgan fingerprint density at radius 2 is 1.18 bits per heavy atom. The Kier molecular flexibility index (Phi) is 12.9. The van der Waals surface area contributed by atoms with Crippen LogP contribution in [0.15, 0.2) is 84.9 Å². The Labute approximate surface area is 231 Å². The Hall–Kier alpha value is -2.81. The zero-order chi connectivity index (χ0) is 28.0. The van der Waals surface area contributed by atoms with Gasteiger partial charge in [-0.05, 0) is 29.3 Å². The summed E-state index contributed by atoms with van der Waals surface area (Å²) in [4.78, 5) is 0. The average Bonchev–Trinajstić information content (AvgIpc) is 2.86. The minimum atomic E-state index is -3.24. The van der Waals surface area contributed by atoms with E-state index in [9.17, 15) is 16.8 Å². The summed E-state index contributed by atoms with van der Waals surface area (Å²) >= 11 is 0. The van der Waals surface area contributed by atoms with Crippen LogP contribution in [0.4, 0.5) is 11.4 Å². The van der Waals surface area contributed by atoms with E-state index in [1.807, 2.05) is 66.7 Å². The number of sulfonamides is 1. The fraction of sp³-hybridized carbons (Fsp3) is 0.310. The van der Waals surface area contributed by atoms with Gasteiger partial charge in [-0.3, -0.25) is 4.72 Å². The Morgan fingerprint density at radius 1 is 0.684 bits per heavy atom. The first-order valence-corrected chi connectivity index (χ1v) is 17.0.